The fourth-order valence-corrected chi connectivity index (χ4v) is 4.84. The van der Waals surface area contributed by atoms with E-state index in [9.17, 15) is 22.4 Å². The smallest absolute Gasteiger partial charge is 0.339 e. The molecule has 0 radical (unpaired) electrons. The predicted molar refractivity (Wildman–Crippen MR) is 135 cm³/mol. The van der Waals surface area contributed by atoms with Crippen LogP contribution in [-0.2, 0) is 19.6 Å². The first-order valence-electron chi connectivity index (χ1n) is 10.9. The summed E-state index contributed by atoms with van der Waals surface area (Å²) in [5.74, 6) is -1.44. The predicted octanol–water partition coefficient (Wildman–Crippen LogP) is 4.89. The number of carbonyl (C=O) groups excluding carboxylic acids is 2. The Balaban J connectivity index is 1.90. The lowest BCUT2D eigenvalue weighted by atomic mass is 10.2. The molecule has 0 atom stereocenters. The number of esters is 1. The van der Waals surface area contributed by atoms with Gasteiger partial charge in [0.15, 0.2) is 0 Å². The van der Waals surface area contributed by atoms with Gasteiger partial charge in [-0.15, -0.1) is 0 Å². The zero-order chi connectivity index (χ0) is 26.3. The Kier molecular flexibility index (Phi) is 8.89. The molecule has 0 saturated carbocycles. The number of benzene rings is 3. The van der Waals surface area contributed by atoms with Gasteiger partial charge in [0.2, 0.25) is 5.91 Å². The number of rotatable bonds is 10. The third kappa shape index (κ3) is 6.52. The van der Waals surface area contributed by atoms with E-state index in [-0.39, 0.29) is 33.5 Å². The summed E-state index contributed by atoms with van der Waals surface area (Å²) in [7, 11) is -4.22. The Hall–Kier alpha value is -3.63. The van der Waals surface area contributed by atoms with E-state index in [1.165, 1.54) is 54.6 Å². The number of carbonyl (C=O) groups is 2. The largest absolute Gasteiger partial charge is 0.494 e. The molecule has 0 aliphatic rings. The molecule has 0 unspecified atom stereocenters. The zero-order valence-corrected chi connectivity index (χ0v) is 21.1. The van der Waals surface area contributed by atoms with Crippen molar-refractivity contribution in [3.8, 4) is 5.75 Å². The van der Waals surface area contributed by atoms with Crippen LogP contribution in [0.3, 0.4) is 0 Å². The van der Waals surface area contributed by atoms with Crippen LogP contribution in [0.2, 0.25) is 5.02 Å². The van der Waals surface area contributed by atoms with E-state index in [0.29, 0.717) is 12.4 Å². The van der Waals surface area contributed by atoms with Crippen LogP contribution in [0.1, 0.15) is 24.2 Å². The molecule has 36 heavy (non-hydrogen) atoms. The molecule has 190 valence electrons. The van der Waals surface area contributed by atoms with Gasteiger partial charge in [-0.25, -0.2) is 17.6 Å². The Labute approximate surface area is 213 Å². The van der Waals surface area contributed by atoms with Crippen LogP contribution in [0.15, 0.2) is 71.6 Å². The van der Waals surface area contributed by atoms with Crippen LogP contribution in [0.25, 0.3) is 0 Å². The van der Waals surface area contributed by atoms with Crippen LogP contribution in [-0.4, -0.2) is 40.1 Å². The fraction of sp³-hybridized carbons (Fsp3) is 0.200. The second kappa shape index (κ2) is 11.9. The van der Waals surface area contributed by atoms with E-state index in [0.717, 1.165) is 16.4 Å². The number of nitrogens with zero attached hydrogens (tertiary/aromatic N) is 1. The first-order chi connectivity index (χ1) is 17.1. The lowest BCUT2D eigenvalue weighted by molar-refractivity contribution is -0.114. The molecule has 3 aromatic carbocycles. The van der Waals surface area contributed by atoms with Crippen LogP contribution in [0.4, 0.5) is 15.8 Å². The van der Waals surface area contributed by atoms with Crippen molar-refractivity contribution < 1.29 is 31.9 Å². The molecule has 0 spiro atoms. The van der Waals surface area contributed by atoms with Crippen molar-refractivity contribution >= 4 is 44.9 Å². The van der Waals surface area contributed by atoms with Gasteiger partial charge in [-0.2, -0.15) is 0 Å². The third-order valence-electron chi connectivity index (χ3n) is 4.87. The highest BCUT2D eigenvalue weighted by atomic mass is 35.5. The lowest BCUT2D eigenvalue weighted by Gasteiger charge is -2.24. The van der Waals surface area contributed by atoms with Crippen LogP contribution < -0.4 is 14.4 Å². The number of hydrogen-bond donors (Lipinski definition) is 1. The van der Waals surface area contributed by atoms with Crippen molar-refractivity contribution in [3.05, 3.63) is 83.1 Å². The summed E-state index contributed by atoms with van der Waals surface area (Å²) in [5.41, 5.74) is 0.349. The van der Waals surface area contributed by atoms with E-state index in [1.807, 2.05) is 0 Å². The topological polar surface area (TPSA) is 102 Å². The van der Waals surface area contributed by atoms with E-state index >= 15 is 0 Å². The van der Waals surface area contributed by atoms with Gasteiger partial charge < -0.3 is 14.8 Å². The summed E-state index contributed by atoms with van der Waals surface area (Å²) < 4.78 is 51.6. The van der Waals surface area contributed by atoms with Gasteiger partial charge in [0.05, 0.1) is 34.4 Å². The van der Waals surface area contributed by atoms with E-state index in [4.69, 9.17) is 21.1 Å². The van der Waals surface area contributed by atoms with Crippen LogP contribution in [0, 0.1) is 5.82 Å². The molecule has 0 heterocycles. The number of ether oxygens (including phenoxy) is 2. The second-order valence-corrected chi connectivity index (χ2v) is 9.63. The minimum Gasteiger partial charge on any atom is -0.494 e. The summed E-state index contributed by atoms with van der Waals surface area (Å²) in [6, 6.07) is 14.7. The minimum atomic E-state index is -4.22. The van der Waals surface area contributed by atoms with Crippen molar-refractivity contribution in [1.82, 2.24) is 0 Å². The minimum absolute atomic E-state index is 0.0497. The van der Waals surface area contributed by atoms with Gasteiger partial charge in [0.1, 0.15) is 18.1 Å². The average molecular weight is 535 g/mol. The van der Waals surface area contributed by atoms with Crippen molar-refractivity contribution in [1.29, 1.82) is 0 Å². The van der Waals surface area contributed by atoms with Crippen molar-refractivity contribution in [3.63, 3.8) is 0 Å². The molecule has 0 bridgehead atoms. The summed E-state index contributed by atoms with van der Waals surface area (Å²) in [4.78, 5) is 24.9. The second-order valence-electron chi connectivity index (χ2n) is 7.36. The first-order valence-corrected chi connectivity index (χ1v) is 12.7. The van der Waals surface area contributed by atoms with E-state index in [2.05, 4.69) is 5.32 Å². The van der Waals surface area contributed by atoms with Crippen molar-refractivity contribution in [2.45, 2.75) is 18.7 Å². The van der Waals surface area contributed by atoms with Gasteiger partial charge in [-0.3, -0.25) is 9.10 Å². The quantitative estimate of drug-likeness (QED) is 0.372. The monoisotopic (exact) mass is 534 g/mol. The molecule has 8 nitrogen and oxygen atoms in total. The Morgan fingerprint density at radius 3 is 2.25 bits per heavy atom. The molecule has 3 rings (SSSR count). The van der Waals surface area contributed by atoms with Gasteiger partial charge in [-0.05, 0) is 80.6 Å². The Morgan fingerprint density at radius 1 is 0.972 bits per heavy atom. The molecule has 1 N–H and O–H groups in total. The van der Waals surface area contributed by atoms with Crippen LogP contribution in [0.5, 0.6) is 5.75 Å². The summed E-state index contributed by atoms with van der Waals surface area (Å²) in [6.07, 6.45) is 0. The number of nitrogens with one attached hydrogen (secondary N) is 1. The van der Waals surface area contributed by atoms with Gasteiger partial charge in [0, 0.05) is 5.69 Å². The molecule has 11 heteroatoms. The molecule has 3 aromatic rings. The maximum Gasteiger partial charge on any atom is 0.339 e. The van der Waals surface area contributed by atoms with Gasteiger partial charge in [0.25, 0.3) is 10.0 Å². The zero-order valence-electron chi connectivity index (χ0n) is 19.5. The van der Waals surface area contributed by atoms with Gasteiger partial charge >= 0.3 is 5.97 Å². The molecule has 0 fully saturated rings. The molecule has 0 aliphatic carbocycles. The number of halogens is 2. The third-order valence-corrected chi connectivity index (χ3v) is 6.99. The van der Waals surface area contributed by atoms with Crippen molar-refractivity contribution in [2.75, 3.05) is 29.4 Å². The Morgan fingerprint density at radius 2 is 1.64 bits per heavy atom. The summed E-state index contributed by atoms with van der Waals surface area (Å²) in [5, 5.41) is 2.70. The molecule has 0 saturated heterocycles. The average Bonchev–Trinajstić information content (AvgIpc) is 2.85. The number of sulfonamides is 1. The fourth-order valence-electron chi connectivity index (χ4n) is 3.22. The maximum atomic E-state index is 13.5. The maximum absolute atomic E-state index is 13.5. The van der Waals surface area contributed by atoms with Crippen molar-refractivity contribution in [2.24, 2.45) is 0 Å². The highest BCUT2D eigenvalue weighted by molar-refractivity contribution is 7.92. The van der Waals surface area contributed by atoms with E-state index in [1.54, 1.807) is 13.8 Å². The molecule has 0 aromatic heterocycles. The number of hydrogen-bond acceptors (Lipinski definition) is 6. The highest BCUT2D eigenvalue weighted by Gasteiger charge is 2.27. The standard InChI is InChI=1S/C25H24ClFN2O6S/c1-3-34-20-10-12-21(13-11-20)36(32,33)29(19-8-5-17(27)6-9-19)16-24(30)28-18-7-14-23(26)22(15-18)25(31)35-4-2/h5-15H,3-4,16H2,1-2H3,(H,28,30). The molecular formula is C25H24ClFN2O6S. The highest BCUT2D eigenvalue weighted by Crippen LogP contribution is 2.26. The van der Waals surface area contributed by atoms with Crippen LogP contribution >= 0.6 is 11.6 Å². The lowest BCUT2D eigenvalue weighted by Crippen LogP contribution is -2.38. The normalized spacial score (nSPS) is 11.0. The summed E-state index contributed by atoms with van der Waals surface area (Å²) in [6.45, 7) is 3.37. The number of amides is 1. The van der Waals surface area contributed by atoms with Gasteiger partial charge in [-0.1, -0.05) is 11.6 Å². The summed E-state index contributed by atoms with van der Waals surface area (Å²) >= 11 is 6.06. The molecular weight excluding hydrogens is 511 g/mol. The molecule has 0 aliphatic heterocycles. The SMILES string of the molecule is CCOC(=O)c1cc(NC(=O)CN(c2ccc(F)cc2)S(=O)(=O)c2ccc(OCC)cc2)ccc1Cl. The Bertz CT molecular complexity index is 1330. The first kappa shape index (κ1) is 27.0. The van der Waals surface area contributed by atoms with E-state index < -0.39 is 34.3 Å². The number of anilines is 2. The molecule has 1 amide bonds.